The average Bonchev–Trinajstić information content (AvgIpc) is 2.97. The minimum absolute atomic E-state index is 0.139. The number of nitrogens with zero attached hydrogens (tertiary/aromatic N) is 4. The summed E-state index contributed by atoms with van der Waals surface area (Å²) in [6.07, 6.45) is 0.890. The van der Waals surface area contributed by atoms with Crippen LogP contribution in [0.5, 0.6) is 0 Å². The molecule has 2 aromatic carbocycles. The Hall–Kier alpha value is -2.82. The maximum absolute atomic E-state index is 14.3. The first-order valence-electron chi connectivity index (χ1n) is 8.08. The molecule has 0 N–H and O–H groups in total. The Balaban J connectivity index is 2.09. The zero-order valence-electron chi connectivity index (χ0n) is 13.6. The van der Waals surface area contributed by atoms with Gasteiger partial charge in [0, 0.05) is 6.04 Å². The first kappa shape index (κ1) is 14.8. The topological polar surface area (TPSA) is 43.6 Å². The van der Waals surface area contributed by atoms with E-state index < -0.39 is 0 Å². The second kappa shape index (κ2) is 5.67. The van der Waals surface area contributed by atoms with Crippen LogP contribution in [0.25, 0.3) is 33.7 Å². The van der Waals surface area contributed by atoms with Crippen LogP contribution < -0.4 is 0 Å². The minimum atomic E-state index is -0.290. The van der Waals surface area contributed by atoms with E-state index in [1.54, 1.807) is 12.1 Å². The number of rotatable bonds is 3. The molecule has 0 saturated heterocycles. The van der Waals surface area contributed by atoms with Gasteiger partial charge < -0.3 is 4.57 Å². The number of halogens is 1. The normalized spacial score (nSPS) is 12.8. The van der Waals surface area contributed by atoms with Gasteiger partial charge in [-0.2, -0.15) is 0 Å². The van der Waals surface area contributed by atoms with Crippen molar-refractivity contribution < 1.29 is 4.39 Å². The molecule has 5 heteroatoms. The summed E-state index contributed by atoms with van der Waals surface area (Å²) in [7, 11) is 0. The van der Waals surface area contributed by atoms with E-state index in [0.29, 0.717) is 22.7 Å². The summed E-state index contributed by atoms with van der Waals surface area (Å²) in [5.41, 5.74) is 3.32. The van der Waals surface area contributed by atoms with Crippen molar-refractivity contribution in [2.45, 2.75) is 26.3 Å². The predicted molar refractivity (Wildman–Crippen MR) is 93.2 cm³/mol. The van der Waals surface area contributed by atoms with Gasteiger partial charge in [-0.15, -0.1) is 0 Å². The van der Waals surface area contributed by atoms with Gasteiger partial charge in [0.15, 0.2) is 11.3 Å². The van der Waals surface area contributed by atoms with Gasteiger partial charge in [0.05, 0.1) is 16.6 Å². The first-order chi connectivity index (χ1) is 11.7. The SMILES string of the molecule is CC[C@@H](C)n1c(-c2ccccc2F)nc2nc3ccccc3nc21. The van der Waals surface area contributed by atoms with Gasteiger partial charge in [0.2, 0.25) is 0 Å². The van der Waals surface area contributed by atoms with Gasteiger partial charge in [0.25, 0.3) is 0 Å². The number of aromatic nitrogens is 4. The molecule has 24 heavy (non-hydrogen) atoms. The average molecular weight is 320 g/mol. The van der Waals surface area contributed by atoms with Gasteiger partial charge in [-0.25, -0.2) is 19.3 Å². The number of fused-ring (bicyclic) bond motifs is 2. The summed E-state index contributed by atoms with van der Waals surface area (Å²) >= 11 is 0. The molecule has 4 nitrogen and oxygen atoms in total. The highest BCUT2D eigenvalue weighted by Crippen LogP contribution is 2.30. The molecule has 0 spiro atoms. The van der Waals surface area contributed by atoms with Crippen LogP contribution >= 0.6 is 0 Å². The molecule has 4 rings (SSSR count). The number of hydrogen-bond donors (Lipinski definition) is 0. The lowest BCUT2D eigenvalue weighted by Crippen LogP contribution is -2.07. The monoisotopic (exact) mass is 320 g/mol. The van der Waals surface area contributed by atoms with Crippen molar-refractivity contribution >= 4 is 22.3 Å². The number of benzene rings is 2. The van der Waals surface area contributed by atoms with Crippen molar-refractivity contribution in [3.8, 4) is 11.4 Å². The fourth-order valence-corrected chi connectivity index (χ4v) is 2.91. The Kier molecular flexibility index (Phi) is 3.49. The second-order valence-corrected chi connectivity index (χ2v) is 5.90. The van der Waals surface area contributed by atoms with Crippen molar-refractivity contribution in [1.29, 1.82) is 0 Å². The van der Waals surface area contributed by atoms with Crippen LogP contribution in [0.1, 0.15) is 26.3 Å². The molecule has 0 aliphatic carbocycles. The third-order valence-corrected chi connectivity index (χ3v) is 4.35. The summed E-state index contributed by atoms with van der Waals surface area (Å²) in [5, 5.41) is 0. The van der Waals surface area contributed by atoms with Crippen LogP contribution in [0.4, 0.5) is 4.39 Å². The van der Waals surface area contributed by atoms with Crippen molar-refractivity contribution in [3.05, 3.63) is 54.3 Å². The maximum atomic E-state index is 14.3. The fourth-order valence-electron chi connectivity index (χ4n) is 2.91. The van der Waals surface area contributed by atoms with E-state index in [1.807, 2.05) is 34.9 Å². The summed E-state index contributed by atoms with van der Waals surface area (Å²) < 4.78 is 16.3. The highest BCUT2D eigenvalue weighted by molar-refractivity contribution is 5.85. The molecule has 0 unspecified atom stereocenters. The van der Waals surface area contributed by atoms with Crippen LogP contribution in [-0.4, -0.2) is 19.5 Å². The molecule has 1 atom stereocenters. The lowest BCUT2D eigenvalue weighted by atomic mass is 10.1. The Labute approximate surface area is 139 Å². The van der Waals surface area contributed by atoms with E-state index in [0.717, 1.165) is 17.5 Å². The van der Waals surface area contributed by atoms with Gasteiger partial charge in [-0.1, -0.05) is 31.2 Å². The van der Waals surface area contributed by atoms with Crippen molar-refractivity contribution in [1.82, 2.24) is 19.5 Å². The Bertz CT molecular complexity index is 1040. The van der Waals surface area contributed by atoms with Crippen molar-refractivity contribution in [2.24, 2.45) is 0 Å². The fraction of sp³-hybridized carbons (Fsp3) is 0.211. The molecule has 0 aliphatic rings. The first-order valence-corrected chi connectivity index (χ1v) is 8.08. The van der Waals surface area contributed by atoms with Crippen LogP contribution in [-0.2, 0) is 0 Å². The molecule has 2 heterocycles. The van der Waals surface area contributed by atoms with E-state index in [4.69, 9.17) is 4.98 Å². The summed E-state index contributed by atoms with van der Waals surface area (Å²) in [6.45, 7) is 4.18. The van der Waals surface area contributed by atoms with E-state index in [2.05, 4.69) is 23.8 Å². The molecular formula is C19H17FN4. The van der Waals surface area contributed by atoms with E-state index in [-0.39, 0.29) is 11.9 Å². The molecule has 120 valence electrons. The van der Waals surface area contributed by atoms with Crippen molar-refractivity contribution in [2.75, 3.05) is 0 Å². The molecule has 0 saturated carbocycles. The Morgan fingerprint density at radius 1 is 0.958 bits per heavy atom. The molecular weight excluding hydrogens is 303 g/mol. The smallest absolute Gasteiger partial charge is 0.198 e. The largest absolute Gasteiger partial charge is 0.304 e. The standard InChI is InChI=1S/C19H17FN4/c1-3-12(2)24-18(13-8-4-5-9-14(13)20)23-17-19(24)22-16-11-7-6-10-15(16)21-17/h4-12H,3H2,1-2H3/t12-/m1/s1. The quantitative estimate of drug-likeness (QED) is 0.547. The lowest BCUT2D eigenvalue weighted by molar-refractivity contribution is 0.544. The third-order valence-electron chi connectivity index (χ3n) is 4.35. The molecule has 4 aromatic rings. The second-order valence-electron chi connectivity index (χ2n) is 5.90. The zero-order chi connectivity index (χ0) is 16.7. The number of para-hydroxylation sites is 2. The zero-order valence-corrected chi connectivity index (χ0v) is 13.6. The summed E-state index contributed by atoms with van der Waals surface area (Å²) in [4.78, 5) is 14.0. The van der Waals surface area contributed by atoms with Crippen molar-refractivity contribution in [3.63, 3.8) is 0 Å². The molecule has 0 fully saturated rings. The van der Waals surface area contributed by atoms with Gasteiger partial charge in [0.1, 0.15) is 11.6 Å². The molecule has 0 bridgehead atoms. The van der Waals surface area contributed by atoms with Crippen LogP contribution in [0.15, 0.2) is 48.5 Å². The van der Waals surface area contributed by atoms with Crippen LogP contribution in [0.3, 0.4) is 0 Å². The molecule has 0 radical (unpaired) electrons. The maximum Gasteiger partial charge on any atom is 0.198 e. The summed E-state index contributed by atoms with van der Waals surface area (Å²) in [5.74, 6) is 0.287. The van der Waals surface area contributed by atoms with Gasteiger partial charge >= 0.3 is 0 Å². The number of hydrogen-bond acceptors (Lipinski definition) is 3. The van der Waals surface area contributed by atoms with Gasteiger partial charge in [-0.3, -0.25) is 0 Å². The molecule has 0 aliphatic heterocycles. The number of imidazole rings is 1. The van der Waals surface area contributed by atoms with Crippen LogP contribution in [0, 0.1) is 5.82 Å². The predicted octanol–water partition coefficient (Wildman–Crippen LogP) is 4.76. The van der Waals surface area contributed by atoms with E-state index >= 15 is 0 Å². The summed E-state index contributed by atoms with van der Waals surface area (Å²) in [6, 6.07) is 14.5. The molecule has 0 amide bonds. The highest BCUT2D eigenvalue weighted by atomic mass is 19.1. The third kappa shape index (κ3) is 2.24. The van der Waals surface area contributed by atoms with E-state index in [1.165, 1.54) is 6.07 Å². The van der Waals surface area contributed by atoms with Gasteiger partial charge in [-0.05, 0) is 37.6 Å². The Morgan fingerprint density at radius 2 is 1.62 bits per heavy atom. The lowest BCUT2D eigenvalue weighted by Gasteiger charge is -2.15. The minimum Gasteiger partial charge on any atom is -0.304 e. The molecule has 2 aromatic heterocycles. The van der Waals surface area contributed by atoms with Crippen LogP contribution in [0.2, 0.25) is 0 Å². The highest BCUT2D eigenvalue weighted by Gasteiger charge is 2.20. The Morgan fingerprint density at radius 3 is 2.33 bits per heavy atom. The van der Waals surface area contributed by atoms with E-state index in [9.17, 15) is 4.39 Å².